The van der Waals surface area contributed by atoms with Gasteiger partial charge < -0.3 is 10.4 Å². The van der Waals surface area contributed by atoms with Gasteiger partial charge in [0.05, 0.1) is 0 Å². The highest BCUT2D eigenvalue weighted by atomic mass is 16.4. The molecule has 1 aromatic rings. The average molecular weight is 235 g/mol. The Bertz CT molecular complexity index is 415. The summed E-state index contributed by atoms with van der Waals surface area (Å²) in [5, 5.41) is 11.4. The van der Waals surface area contributed by atoms with E-state index in [1.165, 1.54) is 0 Å². The van der Waals surface area contributed by atoms with E-state index in [0.717, 1.165) is 12.0 Å². The van der Waals surface area contributed by atoms with Crippen LogP contribution in [-0.2, 0) is 11.2 Å². The maximum absolute atomic E-state index is 11.9. The number of rotatable bonds is 5. The van der Waals surface area contributed by atoms with Crippen molar-refractivity contribution in [3.8, 4) is 0 Å². The van der Waals surface area contributed by atoms with E-state index in [-0.39, 0.29) is 5.91 Å². The van der Waals surface area contributed by atoms with Crippen LogP contribution in [0.4, 0.5) is 0 Å². The smallest absolute Gasteiger partial charge is 0.326 e. The van der Waals surface area contributed by atoms with E-state index in [9.17, 15) is 9.59 Å². The van der Waals surface area contributed by atoms with Gasteiger partial charge in [-0.05, 0) is 24.5 Å². The van der Waals surface area contributed by atoms with Gasteiger partial charge in [-0.1, -0.05) is 32.0 Å². The summed E-state index contributed by atoms with van der Waals surface area (Å²) in [4.78, 5) is 22.8. The Hall–Kier alpha value is -1.84. The van der Waals surface area contributed by atoms with Gasteiger partial charge >= 0.3 is 5.97 Å². The number of hydrogen-bond acceptors (Lipinski definition) is 2. The van der Waals surface area contributed by atoms with Gasteiger partial charge in [0.1, 0.15) is 6.04 Å². The first-order valence-electron chi connectivity index (χ1n) is 5.71. The summed E-state index contributed by atoms with van der Waals surface area (Å²) in [5.41, 5.74) is 1.47. The van der Waals surface area contributed by atoms with Crippen LogP contribution in [0.15, 0.2) is 24.3 Å². The highest BCUT2D eigenvalue weighted by molar-refractivity contribution is 5.97. The number of hydrogen-bond donors (Lipinski definition) is 2. The standard InChI is InChI=1S/C13H17NO3/c1-3-9-7-5-6-8-10(9)12(15)14-11(4-2)13(16)17/h5-8,11H,3-4H2,1-2H3,(H,14,15)(H,16,17). The van der Waals surface area contributed by atoms with Crippen molar-refractivity contribution in [2.45, 2.75) is 32.7 Å². The first-order chi connectivity index (χ1) is 8.10. The Morgan fingerprint density at radius 2 is 1.94 bits per heavy atom. The molecule has 0 fully saturated rings. The lowest BCUT2D eigenvalue weighted by Crippen LogP contribution is -2.40. The highest BCUT2D eigenvalue weighted by Crippen LogP contribution is 2.09. The number of benzene rings is 1. The van der Waals surface area contributed by atoms with Gasteiger partial charge in [0, 0.05) is 5.56 Å². The van der Waals surface area contributed by atoms with E-state index in [2.05, 4.69) is 5.32 Å². The number of carbonyl (C=O) groups is 2. The van der Waals surface area contributed by atoms with Crippen LogP contribution < -0.4 is 5.32 Å². The van der Waals surface area contributed by atoms with Crippen LogP contribution in [0.25, 0.3) is 0 Å². The molecule has 0 saturated heterocycles. The fourth-order valence-corrected chi connectivity index (χ4v) is 1.62. The van der Waals surface area contributed by atoms with Crippen LogP contribution in [0, 0.1) is 0 Å². The van der Waals surface area contributed by atoms with Crippen molar-refractivity contribution < 1.29 is 14.7 Å². The van der Waals surface area contributed by atoms with Gasteiger partial charge in [-0.15, -0.1) is 0 Å². The zero-order chi connectivity index (χ0) is 12.8. The molecule has 0 aliphatic heterocycles. The normalized spacial score (nSPS) is 11.9. The molecule has 0 saturated carbocycles. The van der Waals surface area contributed by atoms with Crippen molar-refractivity contribution >= 4 is 11.9 Å². The molecule has 1 atom stereocenters. The summed E-state index contributed by atoms with van der Waals surface area (Å²) >= 11 is 0. The predicted octanol–water partition coefficient (Wildman–Crippen LogP) is 1.84. The number of nitrogens with one attached hydrogen (secondary N) is 1. The molecule has 17 heavy (non-hydrogen) atoms. The molecule has 0 heterocycles. The maximum Gasteiger partial charge on any atom is 0.326 e. The fourth-order valence-electron chi connectivity index (χ4n) is 1.62. The molecular weight excluding hydrogens is 218 g/mol. The number of carbonyl (C=O) groups excluding carboxylic acids is 1. The SMILES string of the molecule is CCc1ccccc1C(=O)NC(CC)C(=O)O. The van der Waals surface area contributed by atoms with Crippen molar-refractivity contribution in [3.05, 3.63) is 35.4 Å². The number of amides is 1. The van der Waals surface area contributed by atoms with E-state index >= 15 is 0 Å². The second-order valence-electron chi connectivity index (χ2n) is 3.78. The summed E-state index contributed by atoms with van der Waals surface area (Å²) in [7, 11) is 0. The van der Waals surface area contributed by atoms with Gasteiger partial charge in [0.2, 0.25) is 0 Å². The summed E-state index contributed by atoms with van der Waals surface area (Å²) in [6.45, 7) is 3.69. The first kappa shape index (κ1) is 13.2. The van der Waals surface area contributed by atoms with Crippen molar-refractivity contribution in [2.75, 3.05) is 0 Å². The Kier molecular flexibility index (Phi) is 4.69. The van der Waals surface area contributed by atoms with E-state index in [1.807, 2.05) is 19.1 Å². The third-order valence-corrected chi connectivity index (χ3v) is 2.65. The summed E-state index contributed by atoms with van der Waals surface area (Å²) in [6.07, 6.45) is 1.11. The number of carboxylic acids is 1. The minimum absolute atomic E-state index is 0.322. The second kappa shape index (κ2) is 6.03. The van der Waals surface area contributed by atoms with Crippen LogP contribution in [0.5, 0.6) is 0 Å². The van der Waals surface area contributed by atoms with E-state index < -0.39 is 12.0 Å². The second-order valence-corrected chi connectivity index (χ2v) is 3.78. The van der Waals surface area contributed by atoms with Crippen molar-refractivity contribution in [1.29, 1.82) is 0 Å². The molecule has 1 unspecified atom stereocenters. The van der Waals surface area contributed by atoms with Gasteiger partial charge in [-0.2, -0.15) is 0 Å². The monoisotopic (exact) mass is 235 g/mol. The Labute approximate surface area is 101 Å². The van der Waals surface area contributed by atoms with Gasteiger partial charge in [0.15, 0.2) is 0 Å². The van der Waals surface area contributed by atoms with Crippen LogP contribution >= 0.6 is 0 Å². The molecule has 2 N–H and O–H groups in total. The van der Waals surface area contributed by atoms with Crippen LogP contribution in [0.3, 0.4) is 0 Å². The molecule has 1 rings (SSSR count). The topological polar surface area (TPSA) is 66.4 Å². The molecule has 4 heteroatoms. The minimum Gasteiger partial charge on any atom is -0.480 e. The summed E-state index contributed by atoms with van der Waals surface area (Å²) < 4.78 is 0. The number of carboxylic acid groups (broad SMARTS) is 1. The molecule has 0 radical (unpaired) electrons. The van der Waals surface area contributed by atoms with E-state index in [0.29, 0.717) is 12.0 Å². The molecule has 0 bridgehead atoms. The minimum atomic E-state index is -1.00. The van der Waals surface area contributed by atoms with Crippen LogP contribution in [0.1, 0.15) is 36.2 Å². The average Bonchev–Trinajstić information content (AvgIpc) is 2.35. The molecule has 0 aromatic heterocycles. The summed E-state index contributed by atoms with van der Waals surface area (Å²) in [6, 6.07) is 6.40. The molecule has 1 aromatic carbocycles. The molecular formula is C13H17NO3. The third-order valence-electron chi connectivity index (χ3n) is 2.65. The lowest BCUT2D eigenvalue weighted by molar-refractivity contribution is -0.139. The molecule has 0 spiro atoms. The summed E-state index contributed by atoms with van der Waals surface area (Å²) in [5.74, 6) is -1.33. The quantitative estimate of drug-likeness (QED) is 0.818. The van der Waals surface area contributed by atoms with E-state index in [4.69, 9.17) is 5.11 Å². The largest absolute Gasteiger partial charge is 0.480 e. The van der Waals surface area contributed by atoms with Gasteiger partial charge in [-0.3, -0.25) is 4.79 Å². The van der Waals surface area contributed by atoms with E-state index in [1.54, 1.807) is 19.1 Å². The zero-order valence-electron chi connectivity index (χ0n) is 10.1. The number of aryl methyl sites for hydroxylation is 1. The Morgan fingerprint density at radius 3 is 2.47 bits per heavy atom. The van der Waals surface area contributed by atoms with Gasteiger partial charge in [0.25, 0.3) is 5.91 Å². The van der Waals surface area contributed by atoms with Gasteiger partial charge in [-0.25, -0.2) is 4.79 Å². The van der Waals surface area contributed by atoms with Crippen molar-refractivity contribution in [3.63, 3.8) is 0 Å². The molecule has 1 amide bonds. The maximum atomic E-state index is 11.9. The molecule has 4 nitrogen and oxygen atoms in total. The number of aliphatic carboxylic acids is 1. The van der Waals surface area contributed by atoms with Crippen molar-refractivity contribution in [1.82, 2.24) is 5.32 Å². The Morgan fingerprint density at radius 1 is 1.29 bits per heavy atom. The third kappa shape index (κ3) is 3.31. The van der Waals surface area contributed by atoms with Crippen LogP contribution in [0.2, 0.25) is 0 Å². The Balaban J connectivity index is 2.86. The van der Waals surface area contributed by atoms with Crippen molar-refractivity contribution in [2.24, 2.45) is 0 Å². The fraction of sp³-hybridized carbons (Fsp3) is 0.385. The molecule has 0 aliphatic carbocycles. The lowest BCUT2D eigenvalue weighted by atomic mass is 10.0. The van der Waals surface area contributed by atoms with Crippen LogP contribution in [-0.4, -0.2) is 23.0 Å². The first-order valence-corrected chi connectivity index (χ1v) is 5.71. The highest BCUT2D eigenvalue weighted by Gasteiger charge is 2.19. The molecule has 92 valence electrons. The zero-order valence-corrected chi connectivity index (χ0v) is 10.1. The predicted molar refractivity (Wildman–Crippen MR) is 65.0 cm³/mol. The lowest BCUT2D eigenvalue weighted by Gasteiger charge is -2.13. The molecule has 0 aliphatic rings.